The SMILES string of the molecule is O=C(Cc1nc(S(=O)(=O)c2ccccc2)cs1)C(=O)c1ncn[nH]1. The average Bonchev–Trinajstić information content (AvgIpc) is 3.27. The maximum Gasteiger partial charge on any atom is 0.265 e. The van der Waals surface area contributed by atoms with Crippen molar-refractivity contribution in [1.29, 1.82) is 0 Å². The molecule has 0 aliphatic rings. The molecule has 1 aromatic carbocycles. The smallest absolute Gasteiger partial charge is 0.265 e. The number of hydrogen-bond donors (Lipinski definition) is 1. The molecule has 0 amide bonds. The molecule has 0 bridgehead atoms. The van der Waals surface area contributed by atoms with Crippen LogP contribution in [-0.4, -0.2) is 40.1 Å². The summed E-state index contributed by atoms with van der Waals surface area (Å²) in [6.45, 7) is 0. The number of sulfone groups is 1. The van der Waals surface area contributed by atoms with Crippen molar-refractivity contribution >= 4 is 32.7 Å². The number of aromatic nitrogens is 4. The van der Waals surface area contributed by atoms with E-state index in [4.69, 9.17) is 0 Å². The van der Waals surface area contributed by atoms with Gasteiger partial charge in [-0.3, -0.25) is 14.7 Å². The summed E-state index contributed by atoms with van der Waals surface area (Å²) in [7, 11) is -3.74. The molecule has 0 saturated heterocycles. The number of hydrogen-bond acceptors (Lipinski definition) is 8. The number of nitrogens with zero attached hydrogens (tertiary/aromatic N) is 3. The monoisotopic (exact) mass is 362 g/mol. The lowest BCUT2D eigenvalue weighted by atomic mass is 10.2. The molecule has 122 valence electrons. The van der Waals surface area contributed by atoms with E-state index in [-0.39, 0.29) is 27.2 Å². The van der Waals surface area contributed by atoms with Crippen LogP contribution >= 0.6 is 11.3 Å². The molecule has 0 spiro atoms. The van der Waals surface area contributed by atoms with Crippen LogP contribution in [0.1, 0.15) is 15.6 Å². The first-order valence-electron chi connectivity index (χ1n) is 6.66. The van der Waals surface area contributed by atoms with E-state index in [2.05, 4.69) is 20.2 Å². The summed E-state index contributed by atoms with van der Waals surface area (Å²) in [5.74, 6) is -1.73. The molecule has 10 heteroatoms. The van der Waals surface area contributed by atoms with Crippen LogP contribution in [0.2, 0.25) is 0 Å². The molecule has 0 fully saturated rings. The number of nitrogens with one attached hydrogen (secondary N) is 1. The summed E-state index contributed by atoms with van der Waals surface area (Å²) < 4.78 is 24.8. The highest BCUT2D eigenvalue weighted by atomic mass is 32.2. The number of benzene rings is 1. The Labute approximate surface area is 140 Å². The van der Waals surface area contributed by atoms with Gasteiger partial charge >= 0.3 is 0 Å². The predicted octanol–water partition coefficient (Wildman–Crippen LogP) is 1.09. The van der Waals surface area contributed by atoms with Crippen molar-refractivity contribution in [2.24, 2.45) is 0 Å². The van der Waals surface area contributed by atoms with E-state index in [1.54, 1.807) is 18.2 Å². The normalized spacial score (nSPS) is 11.3. The molecule has 2 aromatic heterocycles. The lowest BCUT2D eigenvalue weighted by Crippen LogP contribution is -2.18. The summed E-state index contributed by atoms with van der Waals surface area (Å²) in [6, 6.07) is 7.86. The van der Waals surface area contributed by atoms with Crippen molar-refractivity contribution in [3.8, 4) is 0 Å². The lowest BCUT2D eigenvalue weighted by molar-refractivity contribution is -0.114. The first-order valence-corrected chi connectivity index (χ1v) is 9.02. The van der Waals surface area contributed by atoms with Gasteiger partial charge in [-0.25, -0.2) is 18.4 Å². The van der Waals surface area contributed by atoms with Gasteiger partial charge in [-0.15, -0.1) is 11.3 Å². The second kappa shape index (κ2) is 6.42. The largest absolute Gasteiger partial charge is 0.290 e. The van der Waals surface area contributed by atoms with Gasteiger partial charge in [-0.2, -0.15) is 5.10 Å². The van der Waals surface area contributed by atoms with Crippen LogP contribution in [0.3, 0.4) is 0 Å². The zero-order valence-electron chi connectivity index (χ0n) is 12.0. The van der Waals surface area contributed by atoms with Gasteiger partial charge in [0.1, 0.15) is 11.3 Å². The van der Waals surface area contributed by atoms with Crippen molar-refractivity contribution in [1.82, 2.24) is 20.2 Å². The number of ketones is 2. The number of rotatable bonds is 6. The Hall–Kier alpha value is -2.72. The van der Waals surface area contributed by atoms with Gasteiger partial charge in [0.2, 0.25) is 15.6 Å². The highest BCUT2D eigenvalue weighted by Crippen LogP contribution is 2.22. The maximum absolute atomic E-state index is 12.4. The standard InChI is InChI=1S/C14H10N4O4S2/c19-10(13(20)14-15-8-16-18-14)6-11-17-12(7-23-11)24(21,22)9-4-2-1-3-5-9/h1-5,7-8H,6H2,(H,15,16,18). The molecule has 0 aliphatic carbocycles. The minimum Gasteiger partial charge on any atom is -0.290 e. The van der Waals surface area contributed by atoms with Gasteiger partial charge in [0.25, 0.3) is 5.78 Å². The van der Waals surface area contributed by atoms with Crippen molar-refractivity contribution in [3.05, 3.63) is 52.9 Å². The number of thiazole rings is 1. The number of carbonyl (C=O) groups excluding carboxylic acids is 2. The van der Waals surface area contributed by atoms with Gasteiger partial charge < -0.3 is 0 Å². The molecule has 1 N–H and O–H groups in total. The Bertz CT molecular complexity index is 979. The van der Waals surface area contributed by atoms with Crippen LogP contribution in [0.4, 0.5) is 0 Å². The fraction of sp³-hybridized carbons (Fsp3) is 0.0714. The Balaban J connectivity index is 1.79. The van der Waals surface area contributed by atoms with E-state index in [1.165, 1.54) is 17.5 Å². The summed E-state index contributed by atoms with van der Waals surface area (Å²) in [6.07, 6.45) is 0.822. The highest BCUT2D eigenvalue weighted by molar-refractivity contribution is 7.91. The minimum atomic E-state index is -3.74. The molecule has 0 saturated carbocycles. The van der Waals surface area contributed by atoms with Gasteiger partial charge in [0.05, 0.1) is 11.3 Å². The first kappa shape index (κ1) is 16.1. The number of aromatic amines is 1. The van der Waals surface area contributed by atoms with Gasteiger partial charge in [0.15, 0.2) is 10.9 Å². The molecule has 3 aromatic rings. The Morgan fingerprint density at radius 1 is 1.17 bits per heavy atom. The van der Waals surface area contributed by atoms with Gasteiger partial charge in [0, 0.05) is 5.38 Å². The van der Waals surface area contributed by atoms with E-state index < -0.39 is 21.4 Å². The van der Waals surface area contributed by atoms with Crippen molar-refractivity contribution in [3.63, 3.8) is 0 Å². The molecular formula is C14H10N4O4S2. The summed E-state index contributed by atoms with van der Waals surface area (Å²) in [5, 5.41) is 7.26. The average molecular weight is 362 g/mol. The second-order valence-electron chi connectivity index (χ2n) is 4.66. The van der Waals surface area contributed by atoms with Crippen LogP contribution in [0, 0.1) is 0 Å². The zero-order chi connectivity index (χ0) is 17.2. The number of carbonyl (C=O) groups is 2. The lowest BCUT2D eigenvalue weighted by Gasteiger charge is -2.00. The van der Waals surface area contributed by atoms with Crippen molar-refractivity contribution < 1.29 is 18.0 Å². The Morgan fingerprint density at radius 2 is 1.92 bits per heavy atom. The highest BCUT2D eigenvalue weighted by Gasteiger charge is 2.24. The quantitative estimate of drug-likeness (QED) is 0.514. The number of Topliss-reactive ketones (excluding diaryl/α,β-unsaturated/α-hetero) is 2. The second-order valence-corrected chi connectivity index (χ2v) is 7.50. The molecule has 0 atom stereocenters. The van der Waals surface area contributed by atoms with Gasteiger partial charge in [-0.1, -0.05) is 18.2 Å². The molecule has 0 unspecified atom stereocenters. The first-order chi connectivity index (χ1) is 11.5. The zero-order valence-corrected chi connectivity index (χ0v) is 13.7. The Morgan fingerprint density at radius 3 is 2.58 bits per heavy atom. The number of H-pyrrole nitrogens is 1. The Kier molecular flexibility index (Phi) is 4.32. The molecule has 3 rings (SSSR count). The predicted molar refractivity (Wildman–Crippen MR) is 83.4 cm³/mol. The van der Waals surface area contributed by atoms with Crippen LogP contribution in [0.5, 0.6) is 0 Å². The fourth-order valence-electron chi connectivity index (χ4n) is 1.88. The van der Waals surface area contributed by atoms with Crippen molar-refractivity contribution in [2.45, 2.75) is 16.3 Å². The van der Waals surface area contributed by atoms with Crippen LogP contribution in [0.25, 0.3) is 0 Å². The van der Waals surface area contributed by atoms with Crippen molar-refractivity contribution in [2.75, 3.05) is 0 Å². The fourth-order valence-corrected chi connectivity index (χ4v) is 4.23. The molecule has 0 aliphatic heterocycles. The molecular weight excluding hydrogens is 352 g/mol. The summed E-state index contributed by atoms with van der Waals surface area (Å²) in [5.41, 5.74) is 0. The van der Waals surface area contributed by atoms with E-state index in [0.717, 1.165) is 17.7 Å². The maximum atomic E-state index is 12.4. The van der Waals surface area contributed by atoms with E-state index in [1.807, 2.05) is 0 Å². The van der Waals surface area contributed by atoms with Gasteiger partial charge in [-0.05, 0) is 12.1 Å². The third-order valence-corrected chi connectivity index (χ3v) is 5.71. The summed E-state index contributed by atoms with van der Waals surface area (Å²) in [4.78, 5) is 31.4. The van der Waals surface area contributed by atoms with E-state index >= 15 is 0 Å². The molecule has 2 heterocycles. The van der Waals surface area contributed by atoms with Crippen LogP contribution in [-0.2, 0) is 21.1 Å². The van der Waals surface area contributed by atoms with E-state index in [0.29, 0.717) is 0 Å². The topological polar surface area (TPSA) is 123 Å². The third-order valence-electron chi connectivity index (χ3n) is 3.05. The third kappa shape index (κ3) is 3.14. The molecule has 0 radical (unpaired) electrons. The van der Waals surface area contributed by atoms with E-state index in [9.17, 15) is 18.0 Å². The molecule has 24 heavy (non-hydrogen) atoms. The molecule has 8 nitrogen and oxygen atoms in total. The van der Waals surface area contributed by atoms with Crippen LogP contribution in [0.15, 0.2) is 52.0 Å². The summed E-state index contributed by atoms with van der Waals surface area (Å²) >= 11 is 1.00. The minimum absolute atomic E-state index is 0.117. The van der Waals surface area contributed by atoms with Crippen LogP contribution < -0.4 is 0 Å².